The molecule has 0 aliphatic heterocycles. The zero-order valence-corrected chi connectivity index (χ0v) is 19.8. The molecular weight excluding hydrogens is 474 g/mol. The van der Waals surface area contributed by atoms with Crippen molar-refractivity contribution in [3.05, 3.63) is 59.7 Å². The third-order valence-corrected chi connectivity index (χ3v) is 5.99. The summed E-state index contributed by atoms with van der Waals surface area (Å²) in [5.41, 5.74) is 4.19. The molecule has 186 valence electrons. The third-order valence-electron chi connectivity index (χ3n) is 5.62. The predicted octanol–water partition coefficient (Wildman–Crippen LogP) is 0.890. The molecule has 0 aromatic heterocycles. The number of alkyl carbamates (subject to hydrolysis) is 1. The van der Waals surface area contributed by atoms with E-state index in [1.54, 1.807) is 0 Å². The minimum absolute atomic E-state index is 0.0245. The Hall–Kier alpha value is -3.57. The topological polar surface area (TPSA) is 154 Å². The first kappa shape index (κ1) is 26.0. The summed E-state index contributed by atoms with van der Waals surface area (Å²) in [6.45, 7) is 0.776. The quantitative estimate of drug-likeness (QED) is 0.264. The summed E-state index contributed by atoms with van der Waals surface area (Å²) in [6.07, 6.45) is -2.19. The summed E-state index contributed by atoms with van der Waals surface area (Å²) in [7, 11) is 0. The Kier molecular flexibility index (Phi) is 8.72. The minimum atomic E-state index is -1.39. The van der Waals surface area contributed by atoms with Crippen LogP contribution in [0.25, 0.3) is 11.1 Å². The fourth-order valence-electron chi connectivity index (χ4n) is 3.88. The molecule has 0 fully saturated rings. The molecule has 3 amide bonds. The van der Waals surface area contributed by atoms with Crippen molar-refractivity contribution in [2.24, 2.45) is 0 Å². The highest BCUT2D eigenvalue weighted by Crippen LogP contribution is 2.44. The number of aliphatic carboxylic acids is 1. The maximum atomic E-state index is 12.5. The van der Waals surface area contributed by atoms with E-state index in [0.29, 0.717) is 0 Å². The van der Waals surface area contributed by atoms with Crippen molar-refractivity contribution >= 4 is 36.5 Å². The van der Waals surface area contributed by atoms with Crippen LogP contribution >= 0.6 is 12.6 Å². The second-order valence-electron chi connectivity index (χ2n) is 8.05. The van der Waals surface area contributed by atoms with Crippen LogP contribution in [-0.4, -0.2) is 71.2 Å². The number of fused-ring (bicyclic) bond motifs is 3. The van der Waals surface area contributed by atoms with Gasteiger partial charge >= 0.3 is 12.1 Å². The molecule has 0 saturated heterocycles. The van der Waals surface area contributed by atoms with E-state index in [1.165, 1.54) is 6.92 Å². The van der Waals surface area contributed by atoms with E-state index < -0.39 is 48.6 Å². The van der Waals surface area contributed by atoms with Crippen LogP contribution in [0.3, 0.4) is 0 Å². The molecule has 1 aliphatic rings. The summed E-state index contributed by atoms with van der Waals surface area (Å²) < 4.78 is 5.40. The van der Waals surface area contributed by atoms with Crippen LogP contribution in [0.5, 0.6) is 0 Å². The van der Waals surface area contributed by atoms with Crippen molar-refractivity contribution in [3.63, 3.8) is 0 Å². The van der Waals surface area contributed by atoms with Crippen molar-refractivity contribution < 1.29 is 34.1 Å². The highest BCUT2D eigenvalue weighted by Gasteiger charge is 2.31. The van der Waals surface area contributed by atoms with Gasteiger partial charge in [0.25, 0.3) is 0 Å². The van der Waals surface area contributed by atoms with Gasteiger partial charge in [0.1, 0.15) is 18.7 Å². The van der Waals surface area contributed by atoms with Crippen LogP contribution < -0.4 is 16.0 Å². The summed E-state index contributed by atoms with van der Waals surface area (Å²) >= 11 is 3.84. The molecule has 35 heavy (non-hydrogen) atoms. The maximum Gasteiger partial charge on any atom is 0.407 e. The summed E-state index contributed by atoms with van der Waals surface area (Å²) in [5.74, 6) is -3.16. The van der Waals surface area contributed by atoms with Crippen LogP contribution in [0.4, 0.5) is 4.79 Å². The first-order valence-electron chi connectivity index (χ1n) is 10.9. The number of aliphatic hydroxyl groups excluding tert-OH is 1. The Morgan fingerprint density at radius 3 is 2.09 bits per heavy atom. The molecule has 2 aromatic rings. The average Bonchev–Trinajstić information content (AvgIpc) is 3.16. The second kappa shape index (κ2) is 11.7. The van der Waals surface area contributed by atoms with Gasteiger partial charge in [0.15, 0.2) is 0 Å². The number of amides is 3. The number of rotatable bonds is 10. The molecule has 2 aromatic carbocycles. The zero-order valence-electron chi connectivity index (χ0n) is 18.9. The number of carboxylic acid groups (broad SMARTS) is 1. The maximum absolute atomic E-state index is 12.5. The van der Waals surface area contributed by atoms with Gasteiger partial charge in [-0.1, -0.05) is 48.5 Å². The van der Waals surface area contributed by atoms with E-state index in [1.807, 2.05) is 48.5 Å². The molecule has 5 N–H and O–H groups in total. The van der Waals surface area contributed by atoms with E-state index in [-0.39, 0.29) is 18.3 Å². The number of nitrogens with one attached hydrogen (secondary N) is 3. The Morgan fingerprint density at radius 1 is 1.00 bits per heavy atom. The number of ether oxygens (including phenoxy) is 1. The van der Waals surface area contributed by atoms with Gasteiger partial charge in [-0.2, -0.15) is 12.6 Å². The van der Waals surface area contributed by atoms with E-state index >= 15 is 0 Å². The molecule has 0 saturated carbocycles. The summed E-state index contributed by atoms with van der Waals surface area (Å²) in [5, 5.41) is 25.7. The first-order valence-corrected chi connectivity index (χ1v) is 11.6. The molecule has 0 heterocycles. The van der Waals surface area contributed by atoms with Crippen LogP contribution in [0.15, 0.2) is 48.5 Å². The Balaban J connectivity index is 1.56. The van der Waals surface area contributed by atoms with Gasteiger partial charge in [0.2, 0.25) is 11.8 Å². The van der Waals surface area contributed by atoms with E-state index in [2.05, 4.69) is 28.6 Å². The lowest BCUT2D eigenvalue weighted by molar-refractivity contribution is -0.141. The SMILES string of the molecule is C[C@@H](O)[C@H](NC(=O)OCC1c2ccccc2-c2ccccc21)C(=O)NCC(=O)N[C@@H](CS)C(=O)O. The number of carbonyl (C=O) groups is 4. The van der Waals surface area contributed by atoms with Gasteiger partial charge in [0, 0.05) is 11.7 Å². The molecular formula is C24H27N3O7S. The average molecular weight is 502 g/mol. The van der Waals surface area contributed by atoms with E-state index in [0.717, 1.165) is 22.3 Å². The minimum Gasteiger partial charge on any atom is -0.480 e. The van der Waals surface area contributed by atoms with Gasteiger partial charge in [-0.15, -0.1) is 0 Å². The predicted molar refractivity (Wildman–Crippen MR) is 130 cm³/mol. The highest BCUT2D eigenvalue weighted by molar-refractivity contribution is 7.80. The van der Waals surface area contributed by atoms with Crippen LogP contribution in [0.2, 0.25) is 0 Å². The number of hydrogen-bond acceptors (Lipinski definition) is 7. The van der Waals surface area contributed by atoms with Gasteiger partial charge in [0.05, 0.1) is 12.6 Å². The largest absolute Gasteiger partial charge is 0.480 e. The van der Waals surface area contributed by atoms with Gasteiger partial charge in [-0.3, -0.25) is 9.59 Å². The Bertz CT molecular complexity index is 1060. The standard InChI is InChI=1S/C24H27N3O7S/c1-13(28)21(22(30)25-10-20(29)26-19(12-35)23(31)32)27-24(33)34-11-18-16-8-4-2-6-14(16)15-7-3-5-9-17(15)18/h2-9,13,18-19,21,28,35H,10-12H2,1H3,(H,25,30)(H,26,29)(H,27,33)(H,31,32)/t13-,19+,21+/m1/s1. The molecule has 3 atom stereocenters. The molecule has 0 unspecified atom stereocenters. The van der Waals surface area contributed by atoms with Gasteiger partial charge in [-0.25, -0.2) is 9.59 Å². The lowest BCUT2D eigenvalue weighted by Crippen LogP contribution is -2.54. The fourth-order valence-corrected chi connectivity index (χ4v) is 4.13. The van der Waals surface area contributed by atoms with E-state index in [9.17, 15) is 24.3 Å². The molecule has 10 nitrogen and oxygen atoms in total. The van der Waals surface area contributed by atoms with Crippen LogP contribution in [0, 0.1) is 0 Å². The number of thiol groups is 1. The van der Waals surface area contributed by atoms with Crippen LogP contribution in [0.1, 0.15) is 24.0 Å². The summed E-state index contributed by atoms with van der Waals surface area (Å²) in [4.78, 5) is 47.8. The third kappa shape index (κ3) is 6.31. The monoisotopic (exact) mass is 501 g/mol. The Morgan fingerprint density at radius 2 is 1.57 bits per heavy atom. The second-order valence-corrected chi connectivity index (χ2v) is 8.41. The smallest absolute Gasteiger partial charge is 0.407 e. The number of carboxylic acids is 1. The van der Waals surface area contributed by atoms with Crippen LogP contribution in [-0.2, 0) is 19.1 Å². The van der Waals surface area contributed by atoms with Gasteiger partial charge < -0.3 is 30.9 Å². The lowest BCUT2D eigenvalue weighted by Gasteiger charge is -2.21. The van der Waals surface area contributed by atoms with Crippen molar-refractivity contribution in [1.29, 1.82) is 0 Å². The van der Waals surface area contributed by atoms with Crippen molar-refractivity contribution in [1.82, 2.24) is 16.0 Å². The van der Waals surface area contributed by atoms with Crippen molar-refractivity contribution in [2.45, 2.75) is 31.0 Å². The Labute approximate surface area is 207 Å². The summed E-state index contributed by atoms with van der Waals surface area (Å²) in [6, 6.07) is 13.1. The molecule has 3 rings (SSSR count). The van der Waals surface area contributed by atoms with Gasteiger partial charge in [-0.05, 0) is 29.2 Å². The fraction of sp³-hybridized carbons (Fsp3) is 0.333. The molecule has 11 heteroatoms. The lowest BCUT2D eigenvalue weighted by atomic mass is 9.98. The molecule has 0 spiro atoms. The van der Waals surface area contributed by atoms with Crippen molar-refractivity contribution in [2.75, 3.05) is 18.9 Å². The first-order chi connectivity index (χ1) is 16.7. The number of hydrogen-bond donors (Lipinski definition) is 6. The number of carbonyl (C=O) groups excluding carboxylic acids is 3. The highest BCUT2D eigenvalue weighted by atomic mass is 32.1. The normalized spacial score (nSPS) is 14.6. The molecule has 0 bridgehead atoms. The molecule has 1 aliphatic carbocycles. The number of benzene rings is 2. The number of aliphatic hydroxyl groups is 1. The zero-order chi connectivity index (χ0) is 25.5. The van der Waals surface area contributed by atoms with Crippen molar-refractivity contribution in [3.8, 4) is 11.1 Å². The molecule has 0 radical (unpaired) electrons. The van der Waals surface area contributed by atoms with E-state index in [4.69, 9.17) is 9.84 Å².